The topological polar surface area (TPSA) is 18.5 Å². The first-order valence-electron chi connectivity index (χ1n) is 7.28. The molecule has 0 aliphatic heterocycles. The molecular formula is C17H27BrO2. The second-order valence-electron chi connectivity index (χ2n) is 6.33. The molecule has 1 aromatic rings. The molecule has 0 saturated heterocycles. The van der Waals surface area contributed by atoms with E-state index in [0.29, 0.717) is 13.2 Å². The molecule has 0 aromatic heterocycles. The third-order valence-electron chi connectivity index (χ3n) is 3.07. The van der Waals surface area contributed by atoms with Crippen molar-refractivity contribution in [2.75, 3.05) is 13.2 Å². The van der Waals surface area contributed by atoms with Crippen molar-refractivity contribution in [2.24, 2.45) is 5.41 Å². The maximum absolute atomic E-state index is 5.85. The summed E-state index contributed by atoms with van der Waals surface area (Å²) in [6.07, 6.45) is 1.45. The number of halogens is 1. The minimum Gasteiger partial charge on any atom is -0.378 e. The van der Waals surface area contributed by atoms with Crippen molar-refractivity contribution in [3.8, 4) is 0 Å². The van der Waals surface area contributed by atoms with E-state index in [4.69, 9.17) is 9.47 Å². The Hall–Kier alpha value is -0.380. The summed E-state index contributed by atoms with van der Waals surface area (Å²) in [5.74, 6) is 0. The molecule has 0 amide bonds. The average Bonchev–Trinajstić information content (AvgIpc) is 2.37. The van der Waals surface area contributed by atoms with Crippen LogP contribution in [-0.4, -0.2) is 25.4 Å². The van der Waals surface area contributed by atoms with Crippen LogP contribution in [0, 0.1) is 5.41 Å². The van der Waals surface area contributed by atoms with E-state index in [9.17, 15) is 0 Å². The molecule has 0 bridgehead atoms. The molecule has 0 aliphatic carbocycles. The largest absolute Gasteiger partial charge is 0.378 e. The highest BCUT2D eigenvalue weighted by atomic mass is 79.9. The second kappa shape index (κ2) is 8.16. The van der Waals surface area contributed by atoms with Gasteiger partial charge in [-0.1, -0.05) is 35.0 Å². The molecular weight excluding hydrogens is 316 g/mol. The highest BCUT2D eigenvalue weighted by Gasteiger charge is 2.26. The zero-order chi connectivity index (χ0) is 15.2. The van der Waals surface area contributed by atoms with Gasteiger partial charge in [0.25, 0.3) is 0 Å². The summed E-state index contributed by atoms with van der Waals surface area (Å²) < 4.78 is 12.8. The van der Waals surface area contributed by atoms with Gasteiger partial charge in [-0.05, 0) is 51.8 Å². The molecule has 3 heteroatoms. The lowest BCUT2D eigenvalue weighted by Crippen LogP contribution is -2.33. The third kappa shape index (κ3) is 6.87. The highest BCUT2D eigenvalue weighted by molar-refractivity contribution is 9.10. The summed E-state index contributed by atoms with van der Waals surface area (Å²) in [5.41, 5.74) is 1.32. The molecule has 0 unspecified atom stereocenters. The van der Waals surface area contributed by atoms with Crippen molar-refractivity contribution >= 4 is 15.9 Å². The number of benzene rings is 1. The average molecular weight is 343 g/mol. The SMILES string of the molecule is CC(C)OCC(C)(COC(C)C)Cc1ccc(Br)cc1. The normalized spacial score (nSPS) is 12.4. The first kappa shape index (κ1) is 17.7. The monoisotopic (exact) mass is 342 g/mol. The van der Waals surface area contributed by atoms with Crippen LogP contribution in [-0.2, 0) is 15.9 Å². The van der Waals surface area contributed by atoms with Crippen LogP contribution in [0.4, 0.5) is 0 Å². The number of rotatable bonds is 8. The summed E-state index contributed by atoms with van der Waals surface area (Å²) in [4.78, 5) is 0. The number of ether oxygens (including phenoxy) is 2. The van der Waals surface area contributed by atoms with E-state index in [1.807, 2.05) is 0 Å². The number of hydrogen-bond acceptors (Lipinski definition) is 2. The van der Waals surface area contributed by atoms with Crippen LogP contribution in [0.1, 0.15) is 40.2 Å². The zero-order valence-electron chi connectivity index (χ0n) is 13.3. The summed E-state index contributed by atoms with van der Waals surface area (Å²) in [6.45, 7) is 12.0. The Morgan fingerprint density at radius 1 is 0.950 bits per heavy atom. The lowest BCUT2D eigenvalue weighted by atomic mass is 9.85. The van der Waals surface area contributed by atoms with Gasteiger partial charge in [0.2, 0.25) is 0 Å². The van der Waals surface area contributed by atoms with Crippen molar-refractivity contribution in [1.29, 1.82) is 0 Å². The molecule has 0 fully saturated rings. The predicted molar refractivity (Wildman–Crippen MR) is 88.1 cm³/mol. The van der Waals surface area contributed by atoms with E-state index < -0.39 is 0 Å². The van der Waals surface area contributed by atoms with Crippen LogP contribution in [0.25, 0.3) is 0 Å². The summed E-state index contributed by atoms with van der Waals surface area (Å²) in [5, 5.41) is 0. The Bertz CT molecular complexity index is 372. The van der Waals surface area contributed by atoms with Crippen molar-refractivity contribution in [3.63, 3.8) is 0 Å². The molecule has 114 valence electrons. The van der Waals surface area contributed by atoms with E-state index >= 15 is 0 Å². The summed E-state index contributed by atoms with van der Waals surface area (Å²) >= 11 is 3.48. The minimum absolute atomic E-state index is 0.00235. The van der Waals surface area contributed by atoms with Gasteiger partial charge in [-0.15, -0.1) is 0 Å². The van der Waals surface area contributed by atoms with E-state index in [-0.39, 0.29) is 17.6 Å². The molecule has 0 heterocycles. The van der Waals surface area contributed by atoms with Crippen molar-refractivity contribution in [1.82, 2.24) is 0 Å². The van der Waals surface area contributed by atoms with Gasteiger partial charge in [0.15, 0.2) is 0 Å². The Morgan fingerprint density at radius 3 is 1.80 bits per heavy atom. The van der Waals surface area contributed by atoms with Crippen LogP contribution in [0.3, 0.4) is 0 Å². The van der Waals surface area contributed by atoms with Crippen LogP contribution in [0.2, 0.25) is 0 Å². The summed E-state index contributed by atoms with van der Waals surface area (Å²) in [7, 11) is 0. The van der Waals surface area contributed by atoms with Crippen molar-refractivity contribution in [2.45, 2.75) is 53.2 Å². The molecule has 20 heavy (non-hydrogen) atoms. The molecule has 0 spiro atoms. The van der Waals surface area contributed by atoms with Crippen LogP contribution in [0.15, 0.2) is 28.7 Å². The zero-order valence-corrected chi connectivity index (χ0v) is 14.9. The van der Waals surface area contributed by atoms with Gasteiger partial charge >= 0.3 is 0 Å². The van der Waals surface area contributed by atoms with Crippen molar-refractivity contribution < 1.29 is 9.47 Å². The molecule has 1 aromatic carbocycles. The Balaban J connectivity index is 2.72. The molecule has 1 rings (SSSR count). The van der Waals surface area contributed by atoms with E-state index in [1.165, 1.54) is 5.56 Å². The molecule has 0 atom stereocenters. The third-order valence-corrected chi connectivity index (χ3v) is 3.60. The maximum Gasteiger partial charge on any atom is 0.0548 e. The molecule has 0 N–H and O–H groups in total. The lowest BCUT2D eigenvalue weighted by molar-refractivity contribution is -0.0475. The van der Waals surface area contributed by atoms with Gasteiger partial charge < -0.3 is 9.47 Å². The predicted octanol–water partition coefficient (Wildman–Crippen LogP) is 4.85. The number of hydrogen-bond donors (Lipinski definition) is 0. The maximum atomic E-state index is 5.85. The van der Waals surface area contributed by atoms with Gasteiger partial charge in [0.1, 0.15) is 0 Å². The fourth-order valence-electron chi connectivity index (χ4n) is 1.97. The van der Waals surface area contributed by atoms with Gasteiger partial charge in [0.05, 0.1) is 25.4 Å². The Morgan fingerprint density at radius 2 is 1.40 bits per heavy atom. The van der Waals surface area contributed by atoms with Gasteiger partial charge in [-0.2, -0.15) is 0 Å². The molecule has 0 aliphatic rings. The standard InChI is InChI=1S/C17H27BrO2/c1-13(2)19-11-17(5,12-20-14(3)4)10-15-6-8-16(18)9-7-15/h6-9,13-14H,10-12H2,1-5H3. The van der Waals surface area contributed by atoms with E-state index in [0.717, 1.165) is 10.9 Å². The van der Waals surface area contributed by atoms with Crippen LogP contribution >= 0.6 is 15.9 Å². The van der Waals surface area contributed by atoms with Crippen molar-refractivity contribution in [3.05, 3.63) is 34.3 Å². The molecule has 0 radical (unpaired) electrons. The van der Waals surface area contributed by atoms with Crippen LogP contribution in [0.5, 0.6) is 0 Å². The summed E-state index contributed by atoms with van der Waals surface area (Å²) in [6, 6.07) is 8.49. The Kier molecular flexibility index (Phi) is 7.21. The first-order chi connectivity index (χ1) is 9.31. The second-order valence-corrected chi connectivity index (χ2v) is 7.25. The molecule has 2 nitrogen and oxygen atoms in total. The minimum atomic E-state index is 0.00235. The quantitative estimate of drug-likeness (QED) is 0.672. The molecule has 0 saturated carbocycles. The first-order valence-corrected chi connectivity index (χ1v) is 8.08. The van der Waals surface area contributed by atoms with Gasteiger partial charge in [-0.25, -0.2) is 0 Å². The van der Waals surface area contributed by atoms with Gasteiger partial charge in [0, 0.05) is 9.89 Å². The van der Waals surface area contributed by atoms with E-state index in [1.54, 1.807) is 0 Å². The Labute approximate surface area is 132 Å². The van der Waals surface area contributed by atoms with Gasteiger partial charge in [-0.3, -0.25) is 0 Å². The van der Waals surface area contributed by atoms with E-state index in [2.05, 4.69) is 74.8 Å². The smallest absolute Gasteiger partial charge is 0.0548 e. The fraction of sp³-hybridized carbons (Fsp3) is 0.647. The lowest BCUT2D eigenvalue weighted by Gasteiger charge is -2.31. The highest BCUT2D eigenvalue weighted by Crippen LogP contribution is 2.26. The fourth-order valence-corrected chi connectivity index (χ4v) is 2.24. The van der Waals surface area contributed by atoms with Crippen LogP contribution < -0.4 is 0 Å².